The molecular weight excluding hydrogens is 204 g/mol. The van der Waals surface area contributed by atoms with Gasteiger partial charge in [-0.25, -0.2) is 8.78 Å². The van der Waals surface area contributed by atoms with Gasteiger partial charge in [-0.2, -0.15) is 0 Å². The molecule has 3 nitrogen and oxygen atoms in total. The summed E-state index contributed by atoms with van der Waals surface area (Å²) >= 11 is 0. The van der Waals surface area contributed by atoms with Crippen molar-refractivity contribution in [3.8, 4) is 0 Å². The van der Waals surface area contributed by atoms with Gasteiger partial charge in [0.05, 0.1) is 0 Å². The van der Waals surface area contributed by atoms with Crippen molar-refractivity contribution >= 4 is 5.97 Å². The predicted octanol–water partition coefficient (Wildman–Crippen LogP) is 1.06. The van der Waals surface area contributed by atoms with E-state index in [1.54, 1.807) is 0 Å². The fraction of sp³-hybridized carbons (Fsp3) is 0.300. The lowest BCUT2D eigenvalue weighted by Gasteiger charge is -2.23. The Morgan fingerprint density at radius 1 is 1.33 bits per heavy atom. The lowest BCUT2D eigenvalue weighted by atomic mass is 9.95. The molecular formula is C10H9F2NO2. The molecule has 15 heavy (non-hydrogen) atoms. The van der Waals surface area contributed by atoms with E-state index < -0.39 is 23.6 Å². The SMILES string of the molecule is O=C(O)C1Cc2c(F)ccc(F)c2CN1. The van der Waals surface area contributed by atoms with Gasteiger partial charge in [0.25, 0.3) is 0 Å². The van der Waals surface area contributed by atoms with Gasteiger partial charge in [-0.3, -0.25) is 10.1 Å². The van der Waals surface area contributed by atoms with Crippen LogP contribution in [0.4, 0.5) is 8.78 Å². The van der Waals surface area contributed by atoms with Gasteiger partial charge in [-0.1, -0.05) is 0 Å². The molecule has 2 N–H and O–H groups in total. The van der Waals surface area contributed by atoms with Crippen LogP contribution in [0.3, 0.4) is 0 Å². The molecule has 2 rings (SSSR count). The Morgan fingerprint density at radius 2 is 1.93 bits per heavy atom. The lowest BCUT2D eigenvalue weighted by molar-refractivity contribution is -0.139. The van der Waals surface area contributed by atoms with Crippen molar-refractivity contribution in [2.24, 2.45) is 0 Å². The maximum Gasteiger partial charge on any atom is 0.321 e. The average molecular weight is 213 g/mol. The first-order valence-corrected chi connectivity index (χ1v) is 4.51. The molecule has 0 fully saturated rings. The molecule has 0 spiro atoms. The number of fused-ring (bicyclic) bond motifs is 1. The number of carboxylic acid groups (broad SMARTS) is 1. The van der Waals surface area contributed by atoms with Crippen LogP contribution in [0.15, 0.2) is 12.1 Å². The number of carboxylic acids is 1. The molecule has 1 unspecified atom stereocenters. The Bertz CT molecular complexity index is 420. The van der Waals surface area contributed by atoms with Gasteiger partial charge in [-0.15, -0.1) is 0 Å². The van der Waals surface area contributed by atoms with Crippen molar-refractivity contribution in [1.29, 1.82) is 0 Å². The van der Waals surface area contributed by atoms with Gasteiger partial charge < -0.3 is 5.11 Å². The summed E-state index contributed by atoms with van der Waals surface area (Å²) in [7, 11) is 0. The summed E-state index contributed by atoms with van der Waals surface area (Å²) in [6.07, 6.45) is -0.0196. The number of aliphatic carboxylic acids is 1. The zero-order valence-corrected chi connectivity index (χ0v) is 7.76. The van der Waals surface area contributed by atoms with E-state index in [0.29, 0.717) is 0 Å². The standard InChI is InChI=1S/C10H9F2NO2/c11-7-1-2-8(12)6-4-13-9(10(14)15)3-5(6)7/h1-2,9,13H,3-4H2,(H,14,15). The molecule has 80 valence electrons. The number of hydrogen-bond donors (Lipinski definition) is 2. The summed E-state index contributed by atoms with van der Waals surface area (Å²) in [5, 5.41) is 11.4. The summed E-state index contributed by atoms with van der Waals surface area (Å²) in [6.45, 7) is 0.0515. The molecule has 0 aliphatic carbocycles. The molecule has 0 saturated carbocycles. The molecule has 5 heteroatoms. The van der Waals surface area contributed by atoms with Crippen LogP contribution >= 0.6 is 0 Å². The Kier molecular flexibility index (Phi) is 2.40. The maximum absolute atomic E-state index is 13.3. The molecule has 0 saturated heterocycles. The molecule has 1 aromatic carbocycles. The van der Waals surface area contributed by atoms with Crippen molar-refractivity contribution in [2.75, 3.05) is 0 Å². The predicted molar refractivity (Wildman–Crippen MR) is 48.3 cm³/mol. The Labute approximate surface area is 84.7 Å². The smallest absolute Gasteiger partial charge is 0.321 e. The van der Waals surface area contributed by atoms with E-state index in [2.05, 4.69) is 5.32 Å². The molecule has 1 aliphatic rings. The third kappa shape index (κ3) is 1.70. The molecule has 1 atom stereocenters. The normalized spacial score (nSPS) is 19.7. The van der Waals surface area contributed by atoms with E-state index in [1.807, 2.05) is 0 Å². The minimum Gasteiger partial charge on any atom is -0.480 e. The van der Waals surface area contributed by atoms with Crippen LogP contribution in [-0.4, -0.2) is 17.1 Å². The minimum atomic E-state index is -1.05. The minimum absolute atomic E-state index is 0.0196. The first-order valence-electron chi connectivity index (χ1n) is 4.51. The van der Waals surface area contributed by atoms with Crippen LogP contribution < -0.4 is 5.32 Å². The summed E-state index contributed by atoms with van der Waals surface area (Å²) in [6, 6.07) is 1.24. The molecule has 1 aliphatic heterocycles. The number of benzene rings is 1. The van der Waals surface area contributed by atoms with Crippen molar-refractivity contribution in [1.82, 2.24) is 5.32 Å². The highest BCUT2D eigenvalue weighted by Gasteiger charge is 2.27. The van der Waals surface area contributed by atoms with Crippen LogP contribution in [-0.2, 0) is 17.8 Å². The van der Waals surface area contributed by atoms with Gasteiger partial charge in [0.2, 0.25) is 0 Å². The van der Waals surface area contributed by atoms with Gasteiger partial charge in [0, 0.05) is 18.5 Å². The monoisotopic (exact) mass is 213 g/mol. The maximum atomic E-state index is 13.3. The van der Waals surface area contributed by atoms with Crippen LogP contribution in [0, 0.1) is 11.6 Å². The average Bonchev–Trinajstić information content (AvgIpc) is 2.23. The number of halogens is 2. The van der Waals surface area contributed by atoms with Crippen LogP contribution in [0.2, 0.25) is 0 Å². The zero-order chi connectivity index (χ0) is 11.0. The van der Waals surface area contributed by atoms with Crippen LogP contribution in [0.25, 0.3) is 0 Å². The highest BCUT2D eigenvalue weighted by molar-refractivity contribution is 5.74. The fourth-order valence-corrected chi connectivity index (χ4v) is 1.72. The zero-order valence-electron chi connectivity index (χ0n) is 7.76. The second-order valence-electron chi connectivity index (χ2n) is 3.46. The fourth-order valence-electron chi connectivity index (χ4n) is 1.72. The molecule has 0 aromatic heterocycles. The number of rotatable bonds is 1. The summed E-state index contributed by atoms with van der Waals surface area (Å²) < 4.78 is 26.5. The van der Waals surface area contributed by atoms with Crippen molar-refractivity contribution in [2.45, 2.75) is 19.0 Å². The molecule has 1 heterocycles. The molecule has 0 amide bonds. The Hall–Kier alpha value is -1.49. The van der Waals surface area contributed by atoms with Crippen molar-refractivity contribution < 1.29 is 18.7 Å². The van der Waals surface area contributed by atoms with E-state index >= 15 is 0 Å². The molecule has 1 aromatic rings. The van der Waals surface area contributed by atoms with Crippen LogP contribution in [0.5, 0.6) is 0 Å². The lowest BCUT2D eigenvalue weighted by Crippen LogP contribution is -2.42. The van der Waals surface area contributed by atoms with Gasteiger partial charge in [-0.05, 0) is 17.7 Å². The largest absolute Gasteiger partial charge is 0.480 e. The van der Waals surface area contributed by atoms with E-state index in [-0.39, 0.29) is 24.1 Å². The first kappa shape index (κ1) is 10.0. The van der Waals surface area contributed by atoms with Crippen LogP contribution in [0.1, 0.15) is 11.1 Å². The topological polar surface area (TPSA) is 49.3 Å². The first-order chi connectivity index (χ1) is 7.09. The second-order valence-corrected chi connectivity index (χ2v) is 3.46. The van der Waals surface area contributed by atoms with E-state index in [9.17, 15) is 13.6 Å². The van der Waals surface area contributed by atoms with E-state index in [4.69, 9.17) is 5.11 Å². The van der Waals surface area contributed by atoms with Gasteiger partial charge in [0.15, 0.2) is 0 Å². The Morgan fingerprint density at radius 3 is 2.53 bits per heavy atom. The third-order valence-electron chi connectivity index (χ3n) is 2.55. The summed E-state index contributed by atoms with van der Waals surface area (Å²) in [5.74, 6) is -2.09. The number of hydrogen-bond acceptors (Lipinski definition) is 2. The van der Waals surface area contributed by atoms with Crippen molar-refractivity contribution in [3.63, 3.8) is 0 Å². The van der Waals surface area contributed by atoms with E-state index in [0.717, 1.165) is 12.1 Å². The Balaban J connectivity index is 2.41. The van der Waals surface area contributed by atoms with Gasteiger partial charge >= 0.3 is 5.97 Å². The van der Waals surface area contributed by atoms with Gasteiger partial charge in [0.1, 0.15) is 17.7 Å². The number of carbonyl (C=O) groups is 1. The summed E-state index contributed by atoms with van der Waals surface area (Å²) in [5.41, 5.74) is 0.397. The molecule has 0 radical (unpaired) electrons. The van der Waals surface area contributed by atoms with E-state index in [1.165, 1.54) is 0 Å². The summed E-state index contributed by atoms with van der Waals surface area (Å²) in [4.78, 5) is 10.7. The second kappa shape index (κ2) is 3.58. The van der Waals surface area contributed by atoms with Crippen molar-refractivity contribution in [3.05, 3.63) is 34.9 Å². The molecule has 0 bridgehead atoms. The quantitative estimate of drug-likeness (QED) is 0.733. The number of nitrogens with one attached hydrogen (secondary N) is 1. The highest BCUT2D eigenvalue weighted by atomic mass is 19.1. The third-order valence-corrected chi connectivity index (χ3v) is 2.55. The highest BCUT2D eigenvalue weighted by Crippen LogP contribution is 2.22.